The number of halogens is 1. The highest BCUT2D eigenvalue weighted by Gasteiger charge is 2.56. The fraction of sp³-hybridized carbons (Fsp3) is 0.471. The number of benzene rings is 1. The van der Waals surface area contributed by atoms with Crippen molar-refractivity contribution in [1.29, 1.82) is 0 Å². The number of urea groups is 1. The molecule has 1 aromatic rings. The zero-order valence-corrected chi connectivity index (χ0v) is 14.2. The Labute approximate surface area is 145 Å². The Balaban J connectivity index is 1.50. The molecule has 1 aliphatic heterocycles. The van der Waals surface area contributed by atoms with E-state index in [4.69, 9.17) is 11.6 Å². The van der Waals surface area contributed by atoms with E-state index in [1.54, 1.807) is 13.0 Å². The average Bonchev–Trinajstić information content (AvgIpc) is 3.34. The van der Waals surface area contributed by atoms with E-state index in [0.717, 1.165) is 23.3 Å². The van der Waals surface area contributed by atoms with Gasteiger partial charge in [0.25, 0.3) is 5.91 Å². The summed E-state index contributed by atoms with van der Waals surface area (Å²) in [6, 6.07) is 6.92. The first-order chi connectivity index (χ1) is 11.4. The van der Waals surface area contributed by atoms with Crippen molar-refractivity contribution in [2.24, 2.45) is 5.92 Å². The maximum absolute atomic E-state index is 12.4. The van der Waals surface area contributed by atoms with Gasteiger partial charge in [-0.05, 0) is 49.8 Å². The second-order valence-corrected chi connectivity index (χ2v) is 6.96. The van der Waals surface area contributed by atoms with Gasteiger partial charge >= 0.3 is 6.03 Å². The molecule has 2 aliphatic rings. The molecule has 1 saturated heterocycles. The SMILES string of the molecule is CC1(C2CC2)NC(=O)N(CC(=O)NCCc2cccc(Cl)c2)C1=O. The van der Waals surface area contributed by atoms with Gasteiger partial charge < -0.3 is 10.6 Å². The molecule has 0 radical (unpaired) electrons. The highest BCUT2D eigenvalue weighted by atomic mass is 35.5. The molecule has 1 atom stereocenters. The molecule has 0 aromatic heterocycles. The van der Waals surface area contributed by atoms with Crippen molar-refractivity contribution in [2.45, 2.75) is 31.7 Å². The molecular formula is C17H20ClN3O3. The molecule has 1 aromatic carbocycles. The molecule has 1 heterocycles. The summed E-state index contributed by atoms with van der Waals surface area (Å²) in [5.41, 5.74) is 0.164. The molecule has 128 valence electrons. The first-order valence-corrected chi connectivity index (χ1v) is 8.43. The van der Waals surface area contributed by atoms with Crippen LogP contribution >= 0.6 is 11.6 Å². The second kappa shape index (κ2) is 6.43. The van der Waals surface area contributed by atoms with E-state index in [9.17, 15) is 14.4 Å². The molecule has 6 nitrogen and oxygen atoms in total. The minimum atomic E-state index is -0.849. The van der Waals surface area contributed by atoms with E-state index in [-0.39, 0.29) is 24.3 Å². The zero-order chi connectivity index (χ0) is 17.3. The zero-order valence-electron chi connectivity index (χ0n) is 13.5. The van der Waals surface area contributed by atoms with E-state index in [2.05, 4.69) is 10.6 Å². The topological polar surface area (TPSA) is 78.5 Å². The number of hydrogen-bond acceptors (Lipinski definition) is 3. The minimum absolute atomic E-state index is 0.185. The van der Waals surface area contributed by atoms with Gasteiger partial charge in [-0.15, -0.1) is 0 Å². The van der Waals surface area contributed by atoms with Gasteiger partial charge in [-0.1, -0.05) is 23.7 Å². The van der Waals surface area contributed by atoms with Crippen LogP contribution in [0.5, 0.6) is 0 Å². The van der Waals surface area contributed by atoms with Gasteiger partial charge in [0.15, 0.2) is 0 Å². The van der Waals surface area contributed by atoms with E-state index in [0.29, 0.717) is 18.0 Å². The van der Waals surface area contributed by atoms with Crippen LogP contribution in [0.15, 0.2) is 24.3 Å². The summed E-state index contributed by atoms with van der Waals surface area (Å²) in [5, 5.41) is 6.11. The molecule has 1 unspecified atom stereocenters. The quantitative estimate of drug-likeness (QED) is 0.767. The molecule has 7 heteroatoms. The monoisotopic (exact) mass is 349 g/mol. The molecule has 0 bridgehead atoms. The number of nitrogens with zero attached hydrogens (tertiary/aromatic N) is 1. The van der Waals surface area contributed by atoms with Gasteiger partial charge in [0.1, 0.15) is 12.1 Å². The van der Waals surface area contributed by atoms with Gasteiger partial charge in [0.05, 0.1) is 0 Å². The van der Waals surface area contributed by atoms with Crippen molar-refractivity contribution in [2.75, 3.05) is 13.1 Å². The molecule has 4 amide bonds. The van der Waals surface area contributed by atoms with Crippen molar-refractivity contribution in [3.05, 3.63) is 34.9 Å². The molecule has 2 N–H and O–H groups in total. The third kappa shape index (κ3) is 3.38. The maximum Gasteiger partial charge on any atom is 0.325 e. The summed E-state index contributed by atoms with van der Waals surface area (Å²) in [5.74, 6) is -0.467. The van der Waals surface area contributed by atoms with Crippen molar-refractivity contribution in [3.8, 4) is 0 Å². The minimum Gasteiger partial charge on any atom is -0.354 e. The standard InChI is InChI=1S/C17H20ClN3O3/c1-17(12-5-6-12)15(23)21(16(24)20-17)10-14(22)19-8-7-11-3-2-4-13(18)9-11/h2-4,9,12H,5-8,10H2,1H3,(H,19,22)(H,20,24). The summed E-state index contributed by atoms with van der Waals surface area (Å²) in [7, 11) is 0. The Hall–Kier alpha value is -2.08. The van der Waals surface area contributed by atoms with Crippen LogP contribution in [0.1, 0.15) is 25.3 Å². The fourth-order valence-electron chi connectivity index (χ4n) is 3.03. The van der Waals surface area contributed by atoms with Crippen molar-refractivity contribution in [3.63, 3.8) is 0 Å². The highest BCUT2D eigenvalue weighted by Crippen LogP contribution is 2.42. The van der Waals surface area contributed by atoms with Crippen molar-refractivity contribution in [1.82, 2.24) is 15.5 Å². The van der Waals surface area contributed by atoms with Crippen LogP contribution in [-0.2, 0) is 16.0 Å². The third-order valence-corrected chi connectivity index (χ3v) is 4.86. The van der Waals surface area contributed by atoms with Crippen LogP contribution in [0.3, 0.4) is 0 Å². The van der Waals surface area contributed by atoms with Crippen LogP contribution in [0, 0.1) is 5.92 Å². The number of carbonyl (C=O) groups is 3. The number of hydrogen-bond donors (Lipinski definition) is 2. The fourth-order valence-corrected chi connectivity index (χ4v) is 3.25. The predicted octanol–water partition coefficient (Wildman–Crippen LogP) is 1.72. The summed E-state index contributed by atoms with van der Waals surface area (Å²) < 4.78 is 0. The normalized spacial score (nSPS) is 23.3. The molecule has 0 spiro atoms. The van der Waals surface area contributed by atoms with Crippen LogP contribution in [0.4, 0.5) is 4.79 Å². The summed E-state index contributed by atoms with van der Waals surface area (Å²) in [6.45, 7) is 1.91. The summed E-state index contributed by atoms with van der Waals surface area (Å²) >= 11 is 5.91. The van der Waals surface area contributed by atoms with Crippen LogP contribution in [0.2, 0.25) is 5.02 Å². The number of nitrogens with one attached hydrogen (secondary N) is 2. The largest absolute Gasteiger partial charge is 0.354 e. The number of imide groups is 1. The van der Waals surface area contributed by atoms with Gasteiger partial charge in [-0.25, -0.2) is 4.79 Å². The van der Waals surface area contributed by atoms with Crippen LogP contribution in [-0.4, -0.2) is 41.4 Å². The average molecular weight is 350 g/mol. The van der Waals surface area contributed by atoms with E-state index >= 15 is 0 Å². The van der Waals surface area contributed by atoms with E-state index < -0.39 is 11.6 Å². The third-order valence-electron chi connectivity index (χ3n) is 4.62. The van der Waals surface area contributed by atoms with Crippen LogP contribution < -0.4 is 10.6 Å². The Morgan fingerprint density at radius 2 is 2.17 bits per heavy atom. The van der Waals surface area contributed by atoms with Gasteiger partial charge in [0, 0.05) is 11.6 Å². The maximum atomic E-state index is 12.4. The Morgan fingerprint density at radius 1 is 1.42 bits per heavy atom. The van der Waals surface area contributed by atoms with Gasteiger partial charge in [-0.2, -0.15) is 0 Å². The highest BCUT2D eigenvalue weighted by molar-refractivity contribution is 6.30. The van der Waals surface area contributed by atoms with Crippen molar-refractivity contribution < 1.29 is 14.4 Å². The molecule has 24 heavy (non-hydrogen) atoms. The lowest BCUT2D eigenvalue weighted by atomic mass is 9.96. The Kier molecular flexibility index (Phi) is 4.49. The van der Waals surface area contributed by atoms with E-state index in [1.807, 2.05) is 18.2 Å². The Bertz CT molecular complexity index is 689. The lowest BCUT2D eigenvalue weighted by Crippen LogP contribution is -2.47. The Morgan fingerprint density at radius 3 is 2.83 bits per heavy atom. The number of amides is 4. The summed E-state index contributed by atoms with van der Waals surface area (Å²) in [4.78, 5) is 37.5. The van der Waals surface area contributed by atoms with Crippen LogP contribution in [0.25, 0.3) is 0 Å². The lowest BCUT2D eigenvalue weighted by Gasteiger charge is -2.20. The smallest absolute Gasteiger partial charge is 0.325 e. The van der Waals surface area contributed by atoms with Gasteiger partial charge in [-0.3, -0.25) is 14.5 Å². The molecular weight excluding hydrogens is 330 g/mol. The second-order valence-electron chi connectivity index (χ2n) is 6.53. The number of carbonyl (C=O) groups excluding carboxylic acids is 3. The lowest BCUT2D eigenvalue weighted by molar-refractivity contribution is -0.135. The molecule has 2 fully saturated rings. The summed E-state index contributed by atoms with van der Waals surface area (Å²) in [6.07, 6.45) is 2.50. The molecule has 1 saturated carbocycles. The van der Waals surface area contributed by atoms with Gasteiger partial charge in [0.2, 0.25) is 5.91 Å². The first-order valence-electron chi connectivity index (χ1n) is 8.05. The van der Waals surface area contributed by atoms with Crippen molar-refractivity contribution >= 4 is 29.4 Å². The predicted molar refractivity (Wildman–Crippen MR) is 89.5 cm³/mol. The molecule has 3 rings (SSSR count). The van der Waals surface area contributed by atoms with E-state index in [1.165, 1.54) is 0 Å². The first kappa shape index (κ1) is 16.8. The molecule has 1 aliphatic carbocycles. The number of rotatable bonds is 6.